The van der Waals surface area contributed by atoms with Gasteiger partial charge in [0.2, 0.25) is 5.95 Å². The zero-order valence-electron chi connectivity index (χ0n) is 14.6. The van der Waals surface area contributed by atoms with Crippen molar-refractivity contribution >= 4 is 23.5 Å². The molecule has 2 aromatic heterocycles. The van der Waals surface area contributed by atoms with E-state index >= 15 is 0 Å². The molecule has 2 heterocycles. The predicted molar refractivity (Wildman–Crippen MR) is 95.9 cm³/mol. The average molecular weight is 377 g/mol. The van der Waals surface area contributed by atoms with Gasteiger partial charge in [-0.15, -0.1) is 5.10 Å². The van der Waals surface area contributed by atoms with Crippen molar-refractivity contribution in [1.82, 2.24) is 24.5 Å². The lowest BCUT2D eigenvalue weighted by atomic mass is 10.2. The van der Waals surface area contributed by atoms with Gasteiger partial charge in [-0.1, -0.05) is 17.7 Å². The van der Waals surface area contributed by atoms with Crippen molar-refractivity contribution < 1.29 is 9.18 Å². The molecule has 0 aliphatic heterocycles. The van der Waals surface area contributed by atoms with Crippen LogP contribution in [0.25, 0.3) is 0 Å². The quantitative estimate of drug-likeness (QED) is 0.741. The molecular formula is C17H18ClFN6O. The summed E-state index contributed by atoms with van der Waals surface area (Å²) in [6.45, 7) is 6.36. The minimum absolute atomic E-state index is 0.111. The Morgan fingerprint density at radius 2 is 2.08 bits per heavy atom. The lowest BCUT2D eigenvalue weighted by Gasteiger charge is -2.05. The first-order chi connectivity index (χ1) is 12.4. The summed E-state index contributed by atoms with van der Waals surface area (Å²) in [7, 11) is 0. The third-order valence-corrected chi connectivity index (χ3v) is 4.41. The molecule has 3 aromatic rings. The first kappa shape index (κ1) is 18.1. The first-order valence-corrected chi connectivity index (χ1v) is 8.46. The monoisotopic (exact) mass is 376 g/mol. The molecule has 0 aliphatic carbocycles. The number of anilines is 1. The van der Waals surface area contributed by atoms with Gasteiger partial charge in [0.05, 0.1) is 17.8 Å². The van der Waals surface area contributed by atoms with Crippen LogP contribution in [0.3, 0.4) is 0 Å². The molecular weight excluding hydrogens is 359 g/mol. The summed E-state index contributed by atoms with van der Waals surface area (Å²) >= 11 is 6.02. The van der Waals surface area contributed by atoms with Gasteiger partial charge in [-0.2, -0.15) is 5.10 Å². The summed E-state index contributed by atoms with van der Waals surface area (Å²) in [5.41, 5.74) is 2.23. The van der Waals surface area contributed by atoms with E-state index in [1.54, 1.807) is 17.7 Å². The smallest absolute Gasteiger partial charge is 0.261 e. The zero-order valence-corrected chi connectivity index (χ0v) is 15.4. The third kappa shape index (κ3) is 3.45. The molecule has 0 saturated carbocycles. The first-order valence-electron chi connectivity index (χ1n) is 8.08. The molecule has 0 saturated heterocycles. The van der Waals surface area contributed by atoms with Gasteiger partial charge < -0.3 is 0 Å². The number of nitrogens with zero attached hydrogens (tertiary/aromatic N) is 5. The van der Waals surface area contributed by atoms with Gasteiger partial charge >= 0.3 is 0 Å². The number of carbonyl (C=O) groups excluding carboxylic acids is 1. The molecule has 26 heavy (non-hydrogen) atoms. The van der Waals surface area contributed by atoms with Crippen LogP contribution in [-0.4, -0.2) is 30.5 Å². The van der Waals surface area contributed by atoms with Crippen LogP contribution < -0.4 is 5.32 Å². The van der Waals surface area contributed by atoms with Gasteiger partial charge in [-0.05, 0) is 32.9 Å². The van der Waals surface area contributed by atoms with E-state index in [1.165, 1.54) is 23.1 Å². The minimum atomic E-state index is -0.420. The highest BCUT2D eigenvalue weighted by molar-refractivity contribution is 6.31. The Bertz CT molecular complexity index is 944. The van der Waals surface area contributed by atoms with Crippen molar-refractivity contribution in [2.45, 2.75) is 33.9 Å². The summed E-state index contributed by atoms with van der Waals surface area (Å²) in [6, 6.07) is 4.48. The zero-order chi connectivity index (χ0) is 18.8. The molecule has 136 valence electrons. The van der Waals surface area contributed by atoms with Crippen molar-refractivity contribution in [3.63, 3.8) is 0 Å². The molecule has 1 N–H and O–H groups in total. The van der Waals surface area contributed by atoms with Gasteiger partial charge in [0, 0.05) is 22.8 Å². The highest BCUT2D eigenvalue weighted by Gasteiger charge is 2.19. The van der Waals surface area contributed by atoms with E-state index in [1.807, 2.05) is 13.8 Å². The van der Waals surface area contributed by atoms with Crippen LogP contribution >= 0.6 is 11.6 Å². The fourth-order valence-corrected chi connectivity index (χ4v) is 2.99. The Balaban J connectivity index is 1.77. The largest absolute Gasteiger partial charge is 0.289 e. The summed E-state index contributed by atoms with van der Waals surface area (Å²) < 4.78 is 17.0. The number of carbonyl (C=O) groups is 1. The number of rotatable bonds is 5. The molecule has 9 heteroatoms. The molecule has 0 atom stereocenters. The number of aromatic nitrogens is 5. The maximum absolute atomic E-state index is 13.9. The van der Waals surface area contributed by atoms with Crippen LogP contribution in [0.4, 0.5) is 10.3 Å². The van der Waals surface area contributed by atoms with Gasteiger partial charge in [-0.3, -0.25) is 14.8 Å². The van der Waals surface area contributed by atoms with Crippen LogP contribution in [0.2, 0.25) is 5.02 Å². The highest BCUT2D eigenvalue weighted by Crippen LogP contribution is 2.20. The normalized spacial score (nSPS) is 11.0. The average Bonchev–Trinajstić information content (AvgIpc) is 3.14. The third-order valence-electron chi connectivity index (χ3n) is 4.05. The second-order valence-electron chi connectivity index (χ2n) is 5.78. The fraction of sp³-hybridized carbons (Fsp3) is 0.294. The van der Waals surface area contributed by atoms with E-state index < -0.39 is 5.82 Å². The van der Waals surface area contributed by atoms with Crippen molar-refractivity contribution in [3.05, 3.63) is 57.9 Å². The Labute approximate surface area is 154 Å². The molecule has 0 radical (unpaired) electrons. The molecule has 0 spiro atoms. The van der Waals surface area contributed by atoms with E-state index in [0.29, 0.717) is 28.4 Å². The summed E-state index contributed by atoms with van der Waals surface area (Å²) in [5, 5.41) is 11.4. The molecule has 7 nitrogen and oxygen atoms in total. The summed E-state index contributed by atoms with van der Waals surface area (Å²) in [6.07, 6.45) is 1.41. The van der Waals surface area contributed by atoms with Crippen LogP contribution in [-0.2, 0) is 13.1 Å². The van der Waals surface area contributed by atoms with Gasteiger partial charge in [0.15, 0.2) is 0 Å². The maximum atomic E-state index is 13.9. The van der Waals surface area contributed by atoms with Crippen LogP contribution in [0.5, 0.6) is 0 Å². The molecule has 1 aromatic carbocycles. The number of halogens is 2. The van der Waals surface area contributed by atoms with Gasteiger partial charge in [0.1, 0.15) is 12.1 Å². The van der Waals surface area contributed by atoms with Crippen LogP contribution in [0.1, 0.15) is 34.2 Å². The Hall–Kier alpha value is -2.74. The summed E-state index contributed by atoms with van der Waals surface area (Å²) in [4.78, 5) is 16.6. The lowest BCUT2D eigenvalue weighted by Crippen LogP contribution is -2.15. The van der Waals surface area contributed by atoms with Gasteiger partial charge in [-0.25, -0.2) is 14.1 Å². The Kier molecular flexibility index (Phi) is 5.03. The molecule has 1 amide bonds. The molecule has 0 bridgehead atoms. The number of nitrogens with one attached hydrogen (secondary N) is 1. The molecule has 0 aliphatic rings. The predicted octanol–water partition coefficient (Wildman–Crippen LogP) is 3.20. The number of hydrogen-bond donors (Lipinski definition) is 1. The van der Waals surface area contributed by atoms with Crippen molar-refractivity contribution in [1.29, 1.82) is 0 Å². The second-order valence-corrected chi connectivity index (χ2v) is 6.19. The van der Waals surface area contributed by atoms with E-state index in [0.717, 1.165) is 5.69 Å². The Morgan fingerprint density at radius 3 is 2.73 bits per heavy atom. The highest BCUT2D eigenvalue weighted by atomic mass is 35.5. The minimum Gasteiger partial charge on any atom is -0.289 e. The lowest BCUT2D eigenvalue weighted by molar-refractivity contribution is 0.102. The molecule has 0 unspecified atom stereocenters. The van der Waals surface area contributed by atoms with Crippen LogP contribution in [0.15, 0.2) is 24.5 Å². The Morgan fingerprint density at radius 1 is 1.31 bits per heavy atom. The van der Waals surface area contributed by atoms with Crippen molar-refractivity contribution in [3.8, 4) is 0 Å². The van der Waals surface area contributed by atoms with E-state index in [9.17, 15) is 9.18 Å². The van der Waals surface area contributed by atoms with E-state index in [-0.39, 0.29) is 18.4 Å². The maximum Gasteiger partial charge on any atom is 0.261 e. The number of amides is 1. The van der Waals surface area contributed by atoms with E-state index in [2.05, 4.69) is 20.5 Å². The standard InChI is InChI=1S/C17H18ClFN6O/c1-4-25-11(3)15(10(2)22-25)16(26)21-17-20-9-24(23-17)8-12-13(18)6-5-7-14(12)19/h5-7,9H,4,8H2,1-3H3,(H,21,23,26). The fourth-order valence-electron chi connectivity index (χ4n) is 2.77. The number of benzene rings is 1. The number of hydrogen-bond acceptors (Lipinski definition) is 4. The van der Waals surface area contributed by atoms with E-state index in [4.69, 9.17) is 11.6 Å². The topological polar surface area (TPSA) is 77.6 Å². The molecule has 3 rings (SSSR count). The van der Waals surface area contributed by atoms with Crippen LogP contribution in [0, 0.1) is 19.7 Å². The van der Waals surface area contributed by atoms with Crippen molar-refractivity contribution in [2.24, 2.45) is 0 Å². The van der Waals surface area contributed by atoms with Gasteiger partial charge in [0.25, 0.3) is 5.91 Å². The SMILES string of the molecule is CCn1nc(C)c(C(=O)Nc2ncn(Cc3c(F)cccc3Cl)n2)c1C. The summed E-state index contributed by atoms with van der Waals surface area (Å²) in [5.74, 6) is -0.622. The second kappa shape index (κ2) is 7.25. The van der Waals surface area contributed by atoms with Crippen molar-refractivity contribution in [2.75, 3.05) is 5.32 Å². The molecule has 0 fully saturated rings. The number of aryl methyl sites for hydroxylation is 2.